The Morgan fingerprint density at radius 2 is 2.40 bits per heavy atom. The summed E-state index contributed by atoms with van der Waals surface area (Å²) in [6, 6.07) is 2.56. The van der Waals surface area contributed by atoms with Crippen molar-refractivity contribution in [2.75, 3.05) is 23.4 Å². The van der Waals surface area contributed by atoms with E-state index in [0.29, 0.717) is 6.04 Å². The van der Waals surface area contributed by atoms with Crippen molar-refractivity contribution in [2.24, 2.45) is 0 Å². The van der Waals surface area contributed by atoms with Gasteiger partial charge in [0.25, 0.3) is 0 Å². The predicted octanol–water partition coefficient (Wildman–Crippen LogP) is 3.16. The minimum absolute atomic E-state index is 0.112. The summed E-state index contributed by atoms with van der Waals surface area (Å²) in [7, 11) is 0. The summed E-state index contributed by atoms with van der Waals surface area (Å²) in [6.45, 7) is 0.857. The maximum Gasteiger partial charge on any atom is 0.138 e. The monoisotopic (exact) mass is 307 g/mol. The van der Waals surface area contributed by atoms with Crippen molar-refractivity contribution in [3.8, 4) is 0 Å². The van der Waals surface area contributed by atoms with Crippen molar-refractivity contribution in [2.45, 2.75) is 30.9 Å². The van der Waals surface area contributed by atoms with Crippen molar-refractivity contribution in [1.29, 1.82) is 0 Å². The van der Waals surface area contributed by atoms with Crippen LogP contribution in [0.4, 0.5) is 5.82 Å². The molecule has 0 aromatic carbocycles. The summed E-state index contributed by atoms with van der Waals surface area (Å²) >= 11 is 3.68. The third-order valence-corrected chi connectivity index (χ3v) is 6.21. The van der Waals surface area contributed by atoms with Gasteiger partial charge in [-0.2, -0.15) is 11.8 Å². The number of nitrogens with one attached hydrogen (secondary N) is 1. The highest BCUT2D eigenvalue weighted by Gasteiger charge is 2.40. The molecule has 4 rings (SSSR count). The Morgan fingerprint density at radius 3 is 3.30 bits per heavy atom. The molecule has 2 aromatic heterocycles. The second-order valence-corrected chi connectivity index (χ2v) is 7.53. The summed E-state index contributed by atoms with van der Waals surface area (Å²) in [5.74, 6) is 3.35. The highest BCUT2D eigenvalue weighted by molar-refractivity contribution is 7.99. The molecule has 0 unspecified atom stereocenters. The van der Waals surface area contributed by atoms with Gasteiger partial charge in [0.1, 0.15) is 17.0 Å². The average molecular weight is 307 g/mol. The largest absolute Gasteiger partial charge is 0.374 e. The summed E-state index contributed by atoms with van der Waals surface area (Å²) in [5.41, 5.74) is 0.112. The van der Waals surface area contributed by atoms with Crippen LogP contribution in [0.25, 0.3) is 10.2 Å². The van der Waals surface area contributed by atoms with Crippen LogP contribution in [0.3, 0.4) is 0 Å². The number of hydrogen-bond donors (Lipinski definition) is 1. The summed E-state index contributed by atoms with van der Waals surface area (Å²) in [5, 5.41) is 6.84. The average Bonchev–Trinajstić information content (AvgIpc) is 3.09. The highest BCUT2D eigenvalue weighted by Crippen LogP contribution is 2.39. The fourth-order valence-electron chi connectivity index (χ4n) is 3.11. The first-order valence-electron chi connectivity index (χ1n) is 7.01. The van der Waals surface area contributed by atoms with Crippen molar-refractivity contribution in [3.63, 3.8) is 0 Å². The highest BCUT2D eigenvalue weighted by atomic mass is 32.2. The van der Waals surface area contributed by atoms with E-state index in [1.165, 1.54) is 12.2 Å². The molecule has 2 atom stereocenters. The van der Waals surface area contributed by atoms with Gasteiger partial charge in [0.05, 0.1) is 11.0 Å². The number of aromatic nitrogens is 2. The molecular formula is C14H17N3OS2. The molecule has 2 aromatic rings. The van der Waals surface area contributed by atoms with Gasteiger partial charge in [0.2, 0.25) is 0 Å². The molecule has 0 radical (unpaired) electrons. The maximum absolute atomic E-state index is 6.08. The van der Waals surface area contributed by atoms with Crippen molar-refractivity contribution in [3.05, 3.63) is 17.8 Å². The molecule has 20 heavy (non-hydrogen) atoms. The minimum Gasteiger partial charge on any atom is -0.374 e. The van der Waals surface area contributed by atoms with Crippen LogP contribution in [0.15, 0.2) is 17.8 Å². The van der Waals surface area contributed by atoms with E-state index in [0.717, 1.165) is 41.2 Å². The number of thioether (sulfide) groups is 1. The van der Waals surface area contributed by atoms with Crippen molar-refractivity contribution < 1.29 is 4.74 Å². The molecule has 2 fully saturated rings. The normalized spacial score (nSPS) is 30.1. The van der Waals surface area contributed by atoms with Gasteiger partial charge in [-0.25, -0.2) is 9.97 Å². The SMILES string of the molecule is c1nc(N[C@H]2CCO[C@]3(CCSC3)C2)c2ccsc2n1. The Kier molecular flexibility index (Phi) is 3.32. The molecule has 1 N–H and O–H groups in total. The Balaban J connectivity index is 1.55. The second-order valence-electron chi connectivity index (χ2n) is 5.53. The van der Waals surface area contributed by atoms with Crippen LogP contribution in [0.2, 0.25) is 0 Å². The first-order chi connectivity index (χ1) is 9.85. The van der Waals surface area contributed by atoms with E-state index in [1.807, 2.05) is 11.8 Å². The molecule has 4 nitrogen and oxygen atoms in total. The zero-order valence-corrected chi connectivity index (χ0v) is 12.8. The first kappa shape index (κ1) is 12.9. The quantitative estimate of drug-likeness (QED) is 0.923. The molecular weight excluding hydrogens is 290 g/mol. The number of rotatable bonds is 2. The Morgan fingerprint density at radius 1 is 1.40 bits per heavy atom. The Labute approximate surface area is 126 Å². The predicted molar refractivity (Wildman–Crippen MR) is 84.7 cm³/mol. The third-order valence-electron chi connectivity index (χ3n) is 4.16. The van der Waals surface area contributed by atoms with E-state index in [4.69, 9.17) is 4.74 Å². The third kappa shape index (κ3) is 2.29. The molecule has 1 spiro atoms. The minimum atomic E-state index is 0.112. The molecule has 4 heterocycles. The van der Waals surface area contributed by atoms with Crippen molar-refractivity contribution in [1.82, 2.24) is 9.97 Å². The van der Waals surface area contributed by atoms with Gasteiger partial charge >= 0.3 is 0 Å². The molecule has 6 heteroatoms. The van der Waals surface area contributed by atoms with Crippen LogP contribution in [-0.2, 0) is 4.74 Å². The van der Waals surface area contributed by atoms with E-state index in [1.54, 1.807) is 17.7 Å². The van der Waals surface area contributed by atoms with Gasteiger partial charge in [-0.05, 0) is 36.5 Å². The molecule has 0 aliphatic carbocycles. The first-order valence-corrected chi connectivity index (χ1v) is 9.05. The molecule has 2 aliphatic rings. The lowest BCUT2D eigenvalue weighted by Crippen LogP contribution is -2.44. The Hall–Kier alpha value is -0.850. The maximum atomic E-state index is 6.08. The van der Waals surface area contributed by atoms with E-state index in [-0.39, 0.29) is 5.60 Å². The van der Waals surface area contributed by atoms with Gasteiger partial charge in [-0.3, -0.25) is 0 Å². The van der Waals surface area contributed by atoms with E-state index in [2.05, 4.69) is 26.7 Å². The molecule has 106 valence electrons. The van der Waals surface area contributed by atoms with Crippen LogP contribution in [0, 0.1) is 0 Å². The van der Waals surface area contributed by atoms with Crippen LogP contribution >= 0.6 is 23.1 Å². The van der Waals surface area contributed by atoms with Crippen LogP contribution in [-0.4, -0.2) is 39.7 Å². The zero-order chi connectivity index (χ0) is 13.4. The van der Waals surface area contributed by atoms with Gasteiger partial charge in [-0.15, -0.1) is 11.3 Å². The van der Waals surface area contributed by atoms with Crippen LogP contribution < -0.4 is 5.32 Å². The van der Waals surface area contributed by atoms with Gasteiger partial charge in [0, 0.05) is 18.4 Å². The lowest BCUT2D eigenvalue weighted by atomic mass is 9.90. The van der Waals surface area contributed by atoms with Gasteiger partial charge in [-0.1, -0.05) is 0 Å². The second kappa shape index (κ2) is 5.16. The number of thiophene rings is 1. The number of anilines is 1. The van der Waals surface area contributed by atoms with Crippen LogP contribution in [0.1, 0.15) is 19.3 Å². The lowest BCUT2D eigenvalue weighted by molar-refractivity contribution is -0.0628. The van der Waals surface area contributed by atoms with Crippen molar-refractivity contribution >= 4 is 39.1 Å². The van der Waals surface area contributed by atoms with E-state index >= 15 is 0 Å². The summed E-state index contributed by atoms with van der Waals surface area (Å²) in [6.07, 6.45) is 4.99. The zero-order valence-electron chi connectivity index (χ0n) is 11.2. The fraction of sp³-hybridized carbons (Fsp3) is 0.571. The molecule has 2 saturated heterocycles. The van der Waals surface area contributed by atoms with E-state index < -0.39 is 0 Å². The molecule has 0 bridgehead atoms. The standard InChI is InChI=1S/C14H17N3OS2/c1-4-18-14(3-6-19-8-14)7-10(1)17-12-11-2-5-20-13(11)16-9-15-12/h2,5,9-10H,1,3-4,6-8H2,(H,15,16,17)/t10-,14+/m0/s1. The number of fused-ring (bicyclic) bond motifs is 1. The summed E-state index contributed by atoms with van der Waals surface area (Å²) in [4.78, 5) is 9.79. The smallest absolute Gasteiger partial charge is 0.138 e. The summed E-state index contributed by atoms with van der Waals surface area (Å²) < 4.78 is 6.08. The molecule has 0 amide bonds. The Bertz CT molecular complexity index is 609. The van der Waals surface area contributed by atoms with E-state index in [9.17, 15) is 0 Å². The number of hydrogen-bond acceptors (Lipinski definition) is 6. The number of ether oxygens (including phenoxy) is 1. The van der Waals surface area contributed by atoms with Gasteiger partial charge in [0.15, 0.2) is 0 Å². The number of nitrogens with zero attached hydrogens (tertiary/aromatic N) is 2. The molecule has 2 aliphatic heterocycles. The van der Waals surface area contributed by atoms with Crippen LogP contribution in [0.5, 0.6) is 0 Å². The molecule has 0 saturated carbocycles. The topological polar surface area (TPSA) is 47.0 Å². The fourth-order valence-corrected chi connectivity index (χ4v) is 5.22. The lowest BCUT2D eigenvalue weighted by Gasteiger charge is -2.38. The van der Waals surface area contributed by atoms with Gasteiger partial charge < -0.3 is 10.1 Å².